The first kappa shape index (κ1) is 38.8. The van der Waals surface area contributed by atoms with Crippen LogP contribution < -0.4 is 14.7 Å². The summed E-state index contributed by atoms with van der Waals surface area (Å²) >= 11 is 0. The Bertz CT molecular complexity index is 2740. The lowest BCUT2D eigenvalue weighted by Crippen LogP contribution is -2.11. The monoisotopic (exact) mass is 807 g/mol. The van der Waals surface area contributed by atoms with Gasteiger partial charge < -0.3 is 14.7 Å². The van der Waals surface area contributed by atoms with Crippen LogP contribution in [0.25, 0.3) is 33.4 Å². The fourth-order valence-electron chi connectivity index (χ4n) is 8.37. The maximum Gasteiger partial charge on any atom is 0.0540 e. The van der Waals surface area contributed by atoms with Crippen LogP contribution in [-0.2, 0) is 0 Å². The number of para-hydroxylation sites is 5. The summed E-state index contributed by atoms with van der Waals surface area (Å²) < 4.78 is 0. The van der Waals surface area contributed by atoms with E-state index < -0.39 is 0 Å². The summed E-state index contributed by atoms with van der Waals surface area (Å²) in [6.07, 6.45) is 0. The Morgan fingerprint density at radius 2 is 0.397 bits per heavy atom. The van der Waals surface area contributed by atoms with Gasteiger partial charge in [0.1, 0.15) is 0 Å². The molecular formula is C60H45N3. The van der Waals surface area contributed by atoms with Crippen molar-refractivity contribution in [2.24, 2.45) is 0 Å². The van der Waals surface area contributed by atoms with E-state index in [1.54, 1.807) is 0 Å². The van der Waals surface area contributed by atoms with Crippen LogP contribution in [-0.4, -0.2) is 0 Å². The molecule has 10 aromatic carbocycles. The van der Waals surface area contributed by atoms with Crippen molar-refractivity contribution in [2.75, 3.05) is 14.7 Å². The highest BCUT2D eigenvalue weighted by atomic mass is 15.2. The van der Waals surface area contributed by atoms with Gasteiger partial charge in [0.2, 0.25) is 0 Å². The number of anilines is 9. The van der Waals surface area contributed by atoms with E-state index in [9.17, 15) is 0 Å². The SMILES string of the molecule is c1ccc(-c2ccccc2N(c2ccc(-c3ccc(N(c4ccccc4)c4ccccc4)cc3)cc2)c2ccc(-c3ccc(N(c4ccccc4)c4ccccc4)cc3)cc2)cc1. The molecule has 3 heteroatoms. The molecule has 0 spiro atoms. The minimum atomic E-state index is 1.08. The van der Waals surface area contributed by atoms with Crippen LogP contribution in [0.4, 0.5) is 51.2 Å². The fraction of sp³-hybridized carbons (Fsp3) is 0. The minimum Gasteiger partial charge on any atom is -0.311 e. The molecule has 0 radical (unpaired) electrons. The molecule has 10 rings (SSSR count). The van der Waals surface area contributed by atoms with E-state index in [0.29, 0.717) is 0 Å². The molecule has 0 unspecified atom stereocenters. The molecule has 0 saturated heterocycles. The second-order valence-electron chi connectivity index (χ2n) is 15.4. The van der Waals surface area contributed by atoms with Crippen LogP contribution in [0.1, 0.15) is 0 Å². The molecule has 0 aromatic heterocycles. The highest BCUT2D eigenvalue weighted by Crippen LogP contribution is 2.43. The van der Waals surface area contributed by atoms with Gasteiger partial charge in [0.15, 0.2) is 0 Å². The lowest BCUT2D eigenvalue weighted by Gasteiger charge is -2.28. The molecule has 10 aromatic rings. The van der Waals surface area contributed by atoms with Gasteiger partial charge in [0.05, 0.1) is 5.69 Å². The number of hydrogen-bond donors (Lipinski definition) is 0. The molecule has 300 valence electrons. The highest BCUT2D eigenvalue weighted by Gasteiger charge is 2.19. The van der Waals surface area contributed by atoms with Crippen LogP contribution in [0.3, 0.4) is 0 Å². The third-order valence-electron chi connectivity index (χ3n) is 11.5. The van der Waals surface area contributed by atoms with E-state index in [-0.39, 0.29) is 0 Å². The fourth-order valence-corrected chi connectivity index (χ4v) is 8.37. The van der Waals surface area contributed by atoms with E-state index in [1.165, 1.54) is 11.1 Å². The first-order valence-corrected chi connectivity index (χ1v) is 21.4. The summed E-state index contributed by atoms with van der Waals surface area (Å²) in [6.45, 7) is 0. The zero-order valence-electron chi connectivity index (χ0n) is 34.8. The van der Waals surface area contributed by atoms with Crippen molar-refractivity contribution >= 4 is 51.2 Å². The lowest BCUT2D eigenvalue weighted by atomic mass is 10.00. The van der Waals surface area contributed by atoms with E-state index in [0.717, 1.165) is 73.4 Å². The molecule has 63 heavy (non-hydrogen) atoms. The zero-order valence-corrected chi connectivity index (χ0v) is 34.8. The molecular weight excluding hydrogens is 763 g/mol. The molecule has 0 atom stereocenters. The Labute approximate surface area is 370 Å². The van der Waals surface area contributed by atoms with E-state index in [2.05, 4.69) is 288 Å². The van der Waals surface area contributed by atoms with Gasteiger partial charge >= 0.3 is 0 Å². The van der Waals surface area contributed by atoms with Crippen molar-refractivity contribution < 1.29 is 0 Å². The number of rotatable bonds is 12. The Hall–Kier alpha value is -8.40. The smallest absolute Gasteiger partial charge is 0.0540 e. The number of nitrogens with zero attached hydrogens (tertiary/aromatic N) is 3. The van der Waals surface area contributed by atoms with Crippen LogP contribution in [0.5, 0.6) is 0 Å². The minimum absolute atomic E-state index is 1.08. The summed E-state index contributed by atoms with van der Waals surface area (Å²) in [4.78, 5) is 6.96. The van der Waals surface area contributed by atoms with Crippen molar-refractivity contribution in [2.45, 2.75) is 0 Å². The highest BCUT2D eigenvalue weighted by molar-refractivity contribution is 5.89. The normalized spacial score (nSPS) is 10.9. The first-order chi connectivity index (χ1) is 31.3. The van der Waals surface area contributed by atoms with Gasteiger partial charge in [-0.05, 0) is 131 Å². The standard InChI is InChI=1S/C60H45N3/c1-6-18-50(19-7-1)59-28-16-17-29-60(59)63(57-42-34-48(35-43-57)46-30-38-55(39-31-46)61(51-20-8-2-9-21-51)52-22-10-3-11-23-52)58-44-36-49(37-45-58)47-32-40-56(41-33-47)62(53-24-12-4-13-25-53)54-26-14-5-15-27-54/h1-45H. The topological polar surface area (TPSA) is 9.72 Å². The number of hydrogen-bond acceptors (Lipinski definition) is 3. The predicted octanol–water partition coefficient (Wildman–Crippen LogP) is 17.1. The van der Waals surface area contributed by atoms with Gasteiger partial charge in [-0.2, -0.15) is 0 Å². The quantitative estimate of drug-likeness (QED) is 0.122. The van der Waals surface area contributed by atoms with Gasteiger partial charge in [-0.25, -0.2) is 0 Å². The third-order valence-corrected chi connectivity index (χ3v) is 11.5. The first-order valence-electron chi connectivity index (χ1n) is 21.4. The lowest BCUT2D eigenvalue weighted by molar-refractivity contribution is 1.28. The van der Waals surface area contributed by atoms with Crippen molar-refractivity contribution in [1.82, 2.24) is 0 Å². The Morgan fingerprint density at radius 3 is 0.714 bits per heavy atom. The summed E-state index contributed by atoms with van der Waals surface area (Å²) in [7, 11) is 0. The average Bonchev–Trinajstić information content (AvgIpc) is 3.37. The summed E-state index contributed by atoms with van der Waals surface area (Å²) in [6, 6.07) is 97.1. The van der Waals surface area contributed by atoms with E-state index in [4.69, 9.17) is 0 Å². The second kappa shape index (κ2) is 18.1. The van der Waals surface area contributed by atoms with E-state index in [1.807, 2.05) is 0 Å². The molecule has 0 aliphatic heterocycles. The largest absolute Gasteiger partial charge is 0.311 e. The second-order valence-corrected chi connectivity index (χ2v) is 15.4. The molecule has 0 aliphatic rings. The van der Waals surface area contributed by atoms with Crippen LogP contribution in [0, 0.1) is 0 Å². The molecule has 0 saturated carbocycles. The maximum absolute atomic E-state index is 2.37. The zero-order chi connectivity index (χ0) is 42.2. The summed E-state index contributed by atoms with van der Waals surface area (Å²) in [5.41, 5.74) is 17.0. The molecule has 0 fully saturated rings. The third kappa shape index (κ3) is 8.37. The van der Waals surface area contributed by atoms with Crippen molar-refractivity contribution in [3.8, 4) is 33.4 Å². The van der Waals surface area contributed by atoms with Gasteiger partial charge in [0.25, 0.3) is 0 Å². The average molecular weight is 808 g/mol. The van der Waals surface area contributed by atoms with E-state index >= 15 is 0 Å². The van der Waals surface area contributed by atoms with Gasteiger partial charge in [0, 0.05) is 51.1 Å². The Morgan fingerprint density at radius 1 is 0.159 bits per heavy atom. The van der Waals surface area contributed by atoms with Crippen LogP contribution in [0.15, 0.2) is 273 Å². The molecule has 0 heterocycles. The van der Waals surface area contributed by atoms with Crippen LogP contribution in [0.2, 0.25) is 0 Å². The predicted molar refractivity (Wildman–Crippen MR) is 267 cm³/mol. The maximum atomic E-state index is 2.37. The van der Waals surface area contributed by atoms with Gasteiger partial charge in [-0.15, -0.1) is 0 Å². The van der Waals surface area contributed by atoms with Crippen molar-refractivity contribution in [3.63, 3.8) is 0 Å². The number of benzene rings is 10. The summed E-state index contributed by atoms with van der Waals surface area (Å²) in [5.74, 6) is 0. The Kier molecular flexibility index (Phi) is 11.1. The van der Waals surface area contributed by atoms with Gasteiger partial charge in [-0.1, -0.05) is 170 Å². The molecule has 0 aliphatic carbocycles. The van der Waals surface area contributed by atoms with Crippen molar-refractivity contribution in [3.05, 3.63) is 273 Å². The Balaban J connectivity index is 0.969. The van der Waals surface area contributed by atoms with Crippen LogP contribution >= 0.6 is 0 Å². The molecule has 0 amide bonds. The molecule has 0 N–H and O–H groups in total. The van der Waals surface area contributed by atoms with Gasteiger partial charge in [-0.3, -0.25) is 0 Å². The van der Waals surface area contributed by atoms with Crippen molar-refractivity contribution in [1.29, 1.82) is 0 Å². The molecule has 3 nitrogen and oxygen atoms in total. The molecule has 0 bridgehead atoms. The summed E-state index contributed by atoms with van der Waals surface area (Å²) in [5, 5.41) is 0.